The molecule has 1 aliphatic heterocycles. The molecule has 6 nitrogen and oxygen atoms in total. The highest BCUT2D eigenvalue weighted by atomic mass is 35.5. The Bertz CT molecular complexity index is 708. The summed E-state index contributed by atoms with van der Waals surface area (Å²) in [5, 5.41) is 10.3. The van der Waals surface area contributed by atoms with E-state index in [2.05, 4.69) is 29.8 Å². The van der Waals surface area contributed by atoms with Crippen LogP contribution in [0, 0.1) is 12.8 Å². The smallest absolute Gasteiger partial charge is 0.251 e. The zero-order chi connectivity index (χ0) is 22.1. The van der Waals surface area contributed by atoms with Gasteiger partial charge >= 0.3 is 0 Å². The summed E-state index contributed by atoms with van der Waals surface area (Å²) in [6, 6.07) is 5.11. The summed E-state index contributed by atoms with van der Waals surface area (Å²) in [5.74, 6) is 0.593. The molecular weight excluding hydrogens is 400 g/mol. The molecular formula is C23H37ClN4O2. The van der Waals surface area contributed by atoms with Crippen molar-refractivity contribution < 1.29 is 9.59 Å². The quantitative estimate of drug-likeness (QED) is 0.527. The van der Waals surface area contributed by atoms with Crippen molar-refractivity contribution in [3.8, 4) is 0 Å². The van der Waals surface area contributed by atoms with Crippen LogP contribution in [0.3, 0.4) is 0 Å². The second-order valence-corrected chi connectivity index (χ2v) is 8.65. The van der Waals surface area contributed by atoms with Crippen LogP contribution in [0.4, 0.5) is 0 Å². The van der Waals surface area contributed by atoms with E-state index in [1.165, 1.54) is 0 Å². The maximum absolute atomic E-state index is 13.1. The Kier molecular flexibility index (Phi) is 10.1. The molecule has 1 fully saturated rings. The third kappa shape index (κ3) is 6.96. The third-order valence-electron chi connectivity index (χ3n) is 6.04. The highest BCUT2D eigenvalue weighted by Crippen LogP contribution is 2.17. The fraction of sp³-hybridized carbons (Fsp3) is 0.652. The Labute approximate surface area is 186 Å². The van der Waals surface area contributed by atoms with Crippen LogP contribution in [-0.4, -0.2) is 62.0 Å². The molecule has 2 amide bonds. The molecule has 30 heavy (non-hydrogen) atoms. The molecule has 1 aromatic rings. The van der Waals surface area contributed by atoms with Crippen LogP contribution >= 0.6 is 11.6 Å². The van der Waals surface area contributed by atoms with Gasteiger partial charge in [-0.15, -0.1) is 0 Å². The van der Waals surface area contributed by atoms with Gasteiger partial charge in [0.15, 0.2) is 0 Å². The van der Waals surface area contributed by atoms with Gasteiger partial charge in [0.1, 0.15) is 0 Å². The number of rotatable bonds is 10. The van der Waals surface area contributed by atoms with Gasteiger partial charge in [-0.2, -0.15) is 0 Å². The highest BCUT2D eigenvalue weighted by Gasteiger charge is 2.31. The number of carbonyl (C=O) groups excluding carboxylic acids is 2. The molecule has 1 aliphatic rings. The van der Waals surface area contributed by atoms with Crippen LogP contribution in [0.25, 0.3) is 0 Å². The summed E-state index contributed by atoms with van der Waals surface area (Å²) in [7, 11) is 1.90. The lowest BCUT2D eigenvalue weighted by Crippen LogP contribution is -2.50. The Morgan fingerprint density at radius 1 is 1.33 bits per heavy atom. The Morgan fingerprint density at radius 2 is 2.07 bits per heavy atom. The molecule has 2 atom stereocenters. The first-order valence-corrected chi connectivity index (χ1v) is 11.5. The molecule has 0 radical (unpaired) electrons. The second kappa shape index (κ2) is 12.3. The minimum absolute atomic E-state index is 0.0554. The molecule has 2 rings (SSSR count). The van der Waals surface area contributed by atoms with E-state index in [0.29, 0.717) is 23.0 Å². The van der Waals surface area contributed by atoms with Gasteiger partial charge in [0.05, 0.1) is 6.04 Å². The predicted molar refractivity (Wildman–Crippen MR) is 123 cm³/mol. The van der Waals surface area contributed by atoms with Crippen LogP contribution in [0.15, 0.2) is 18.2 Å². The standard InChI is InChI=1S/C23H37ClN4O2/c1-5-17(6-2)15-28-12-10-19(27-21(23(28)30)9-11-25-4)14-26-22(29)18-7-8-20(24)16(3)13-18/h7-8,13,17,19,21,25,27H,5-6,9-12,14-15H2,1-4H3,(H,26,29). The van der Waals surface area contributed by atoms with Crippen LogP contribution in [0.5, 0.6) is 0 Å². The lowest BCUT2D eigenvalue weighted by atomic mass is 10.0. The fourth-order valence-corrected chi connectivity index (χ4v) is 4.00. The van der Waals surface area contributed by atoms with E-state index in [0.717, 1.165) is 50.9 Å². The summed E-state index contributed by atoms with van der Waals surface area (Å²) < 4.78 is 0. The van der Waals surface area contributed by atoms with Crippen molar-refractivity contribution in [3.05, 3.63) is 34.3 Å². The minimum atomic E-state index is -0.228. The number of hydrogen-bond acceptors (Lipinski definition) is 4. The van der Waals surface area contributed by atoms with Crippen LogP contribution in [-0.2, 0) is 4.79 Å². The lowest BCUT2D eigenvalue weighted by molar-refractivity contribution is -0.133. The van der Waals surface area contributed by atoms with Gasteiger partial charge in [0.25, 0.3) is 5.91 Å². The molecule has 1 aromatic carbocycles. The predicted octanol–water partition coefficient (Wildman–Crippen LogP) is 2.98. The summed E-state index contributed by atoms with van der Waals surface area (Å²) in [5.41, 5.74) is 1.48. The number of hydrogen-bond donors (Lipinski definition) is 3. The molecule has 7 heteroatoms. The number of nitrogens with zero attached hydrogens (tertiary/aromatic N) is 1. The second-order valence-electron chi connectivity index (χ2n) is 8.24. The summed E-state index contributed by atoms with van der Waals surface area (Å²) in [6.07, 6.45) is 3.71. The van der Waals surface area contributed by atoms with Crippen molar-refractivity contribution in [1.29, 1.82) is 0 Å². The van der Waals surface area contributed by atoms with Gasteiger partial charge in [0.2, 0.25) is 5.91 Å². The molecule has 1 saturated heterocycles. The van der Waals surface area contributed by atoms with Gasteiger partial charge in [-0.3, -0.25) is 9.59 Å². The van der Waals surface area contributed by atoms with Gasteiger partial charge in [-0.1, -0.05) is 38.3 Å². The van der Waals surface area contributed by atoms with Crippen molar-refractivity contribution >= 4 is 23.4 Å². The number of aryl methyl sites for hydroxylation is 1. The number of amides is 2. The first kappa shape index (κ1) is 24.6. The monoisotopic (exact) mass is 436 g/mol. The summed E-state index contributed by atoms with van der Waals surface area (Å²) in [6.45, 7) is 9.05. The average Bonchev–Trinajstić information content (AvgIpc) is 2.89. The number of carbonyl (C=O) groups is 2. The zero-order valence-electron chi connectivity index (χ0n) is 18.8. The molecule has 0 saturated carbocycles. The van der Waals surface area contributed by atoms with Crippen LogP contribution < -0.4 is 16.0 Å². The molecule has 0 bridgehead atoms. The van der Waals surface area contributed by atoms with Gasteiger partial charge < -0.3 is 20.9 Å². The van der Waals surface area contributed by atoms with Crippen LogP contribution in [0.1, 0.15) is 55.5 Å². The molecule has 3 N–H and O–H groups in total. The van der Waals surface area contributed by atoms with Gasteiger partial charge in [-0.25, -0.2) is 0 Å². The summed E-state index contributed by atoms with van der Waals surface area (Å²) in [4.78, 5) is 27.7. The van der Waals surface area contributed by atoms with E-state index >= 15 is 0 Å². The summed E-state index contributed by atoms with van der Waals surface area (Å²) >= 11 is 6.06. The Morgan fingerprint density at radius 3 is 2.70 bits per heavy atom. The van der Waals surface area contributed by atoms with E-state index in [4.69, 9.17) is 11.6 Å². The SMILES string of the molecule is CCC(CC)CN1CCC(CNC(=O)c2ccc(Cl)c(C)c2)NC(CCNC)C1=O. The van der Waals surface area contributed by atoms with E-state index in [-0.39, 0.29) is 23.9 Å². The van der Waals surface area contributed by atoms with E-state index in [1.807, 2.05) is 18.9 Å². The minimum Gasteiger partial charge on any atom is -0.350 e. The van der Waals surface area contributed by atoms with Gasteiger partial charge in [-0.05, 0) is 63.0 Å². The van der Waals surface area contributed by atoms with Crippen LogP contribution in [0.2, 0.25) is 5.02 Å². The van der Waals surface area contributed by atoms with Gasteiger partial charge in [0, 0.05) is 36.3 Å². The highest BCUT2D eigenvalue weighted by molar-refractivity contribution is 6.31. The van der Waals surface area contributed by atoms with E-state index in [1.54, 1.807) is 18.2 Å². The number of halogens is 1. The first-order valence-electron chi connectivity index (χ1n) is 11.1. The molecule has 1 heterocycles. The first-order chi connectivity index (χ1) is 14.4. The Hall–Kier alpha value is -1.63. The lowest BCUT2D eigenvalue weighted by Gasteiger charge is -2.28. The van der Waals surface area contributed by atoms with Crippen molar-refractivity contribution in [2.75, 3.05) is 33.2 Å². The Balaban J connectivity index is 2.02. The fourth-order valence-electron chi connectivity index (χ4n) is 3.88. The third-order valence-corrected chi connectivity index (χ3v) is 6.46. The normalized spacial score (nSPS) is 19.8. The average molecular weight is 437 g/mol. The van der Waals surface area contributed by atoms with Crippen molar-refractivity contribution in [3.63, 3.8) is 0 Å². The van der Waals surface area contributed by atoms with Crippen molar-refractivity contribution in [2.24, 2.45) is 5.92 Å². The largest absolute Gasteiger partial charge is 0.350 e. The maximum Gasteiger partial charge on any atom is 0.251 e. The van der Waals surface area contributed by atoms with Crippen molar-refractivity contribution in [1.82, 2.24) is 20.9 Å². The number of nitrogens with one attached hydrogen (secondary N) is 3. The zero-order valence-corrected chi connectivity index (χ0v) is 19.5. The maximum atomic E-state index is 13.1. The molecule has 0 aromatic heterocycles. The molecule has 0 spiro atoms. The molecule has 2 unspecified atom stereocenters. The molecule has 0 aliphatic carbocycles. The topological polar surface area (TPSA) is 73.5 Å². The van der Waals surface area contributed by atoms with E-state index in [9.17, 15) is 9.59 Å². The van der Waals surface area contributed by atoms with E-state index < -0.39 is 0 Å². The molecule has 168 valence electrons. The number of benzene rings is 1. The van der Waals surface area contributed by atoms with Crippen molar-refractivity contribution in [2.45, 2.75) is 58.5 Å².